The summed E-state index contributed by atoms with van der Waals surface area (Å²) in [4.78, 5) is 15.9. The number of nitrogens with one attached hydrogen (secondary N) is 1. The van der Waals surface area contributed by atoms with Gasteiger partial charge in [-0.3, -0.25) is 9.78 Å². The fourth-order valence-corrected chi connectivity index (χ4v) is 2.42. The molecule has 0 bridgehead atoms. The van der Waals surface area contributed by atoms with E-state index in [1.807, 2.05) is 18.2 Å². The Morgan fingerprint density at radius 3 is 2.86 bits per heavy atom. The highest BCUT2D eigenvalue weighted by atomic mass is 35.5. The molecule has 0 saturated heterocycles. The molecule has 2 heterocycles. The van der Waals surface area contributed by atoms with Crippen LogP contribution in [0.4, 0.5) is 0 Å². The van der Waals surface area contributed by atoms with Crippen molar-refractivity contribution in [3.63, 3.8) is 0 Å². The molecule has 6 heteroatoms. The normalized spacial score (nSPS) is 12.8. The molecule has 1 aromatic carbocycles. The maximum Gasteiger partial charge on any atom is 0.252 e. The fourth-order valence-electron chi connectivity index (χ4n) is 2.22. The summed E-state index contributed by atoms with van der Waals surface area (Å²) in [5, 5.41) is 3.19. The van der Waals surface area contributed by atoms with Gasteiger partial charge in [0, 0.05) is 18.9 Å². The minimum absolute atomic E-state index is 0.204. The van der Waals surface area contributed by atoms with Gasteiger partial charge in [-0.15, -0.1) is 0 Å². The van der Waals surface area contributed by atoms with Gasteiger partial charge in [-0.1, -0.05) is 17.7 Å². The largest absolute Gasteiger partial charge is 0.486 e. The summed E-state index contributed by atoms with van der Waals surface area (Å²) in [5.74, 6) is 1.32. The number of hydrogen-bond acceptors (Lipinski definition) is 4. The summed E-state index contributed by atoms with van der Waals surface area (Å²) in [7, 11) is 0. The molecule has 1 aliphatic rings. The van der Waals surface area contributed by atoms with E-state index in [1.165, 1.54) is 6.20 Å². The molecule has 0 radical (unpaired) electrons. The molecule has 1 aromatic heterocycles. The summed E-state index contributed by atoms with van der Waals surface area (Å²) in [6, 6.07) is 7.41. The molecule has 0 spiro atoms. The Hall–Kier alpha value is -2.27. The SMILES string of the molecule is O=C(NCCc1ccc2c(c1)OCCO2)c1ccncc1Cl. The molecule has 0 unspecified atom stereocenters. The van der Waals surface area contributed by atoms with E-state index in [4.69, 9.17) is 21.1 Å². The molecular weight excluding hydrogens is 304 g/mol. The predicted octanol–water partition coefficient (Wildman–Crippen LogP) is 2.48. The lowest BCUT2D eigenvalue weighted by atomic mass is 10.1. The average molecular weight is 319 g/mol. The van der Waals surface area contributed by atoms with Crippen LogP contribution < -0.4 is 14.8 Å². The van der Waals surface area contributed by atoms with Gasteiger partial charge >= 0.3 is 0 Å². The Balaban J connectivity index is 1.57. The smallest absolute Gasteiger partial charge is 0.252 e. The van der Waals surface area contributed by atoms with E-state index in [1.54, 1.807) is 12.3 Å². The van der Waals surface area contributed by atoms with E-state index in [9.17, 15) is 4.79 Å². The van der Waals surface area contributed by atoms with Crippen LogP contribution in [0.15, 0.2) is 36.7 Å². The van der Waals surface area contributed by atoms with Crippen LogP contribution >= 0.6 is 11.6 Å². The Kier molecular flexibility index (Phi) is 4.44. The number of hydrogen-bond donors (Lipinski definition) is 1. The third-order valence-corrected chi connectivity index (χ3v) is 3.62. The fraction of sp³-hybridized carbons (Fsp3) is 0.250. The molecule has 1 amide bonds. The van der Waals surface area contributed by atoms with Gasteiger partial charge in [0.15, 0.2) is 11.5 Å². The van der Waals surface area contributed by atoms with Crippen LogP contribution in [0.3, 0.4) is 0 Å². The van der Waals surface area contributed by atoms with Crippen LogP contribution in [-0.2, 0) is 6.42 Å². The zero-order chi connectivity index (χ0) is 15.4. The second-order valence-electron chi connectivity index (χ2n) is 4.84. The first-order valence-corrected chi connectivity index (χ1v) is 7.38. The summed E-state index contributed by atoms with van der Waals surface area (Å²) in [6.07, 6.45) is 3.70. The van der Waals surface area contributed by atoms with E-state index in [-0.39, 0.29) is 5.91 Å². The first-order chi connectivity index (χ1) is 10.7. The van der Waals surface area contributed by atoms with Crippen molar-refractivity contribution >= 4 is 17.5 Å². The summed E-state index contributed by atoms with van der Waals surface area (Å²) in [5.41, 5.74) is 1.50. The van der Waals surface area contributed by atoms with E-state index >= 15 is 0 Å². The van der Waals surface area contributed by atoms with Crippen molar-refractivity contribution in [3.05, 3.63) is 52.8 Å². The molecule has 1 aliphatic heterocycles. The zero-order valence-corrected chi connectivity index (χ0v) is 12.6. The van der Waals surface area contributed by atoms with Crippen molar-refractivity contribution in [2.45, 2.75) is 6.42 Å². The Bertz CT molecular complexity index is 691. The number of ether oxygens (including phenoxy) is 2. The monoisotopic (exact) mass is 318 g/mol. The third-order valence-electron chi connectivity index (χ3n) is 3.32. The number of carbonyl (C=O) groups excluding carboxylic acids is 1. The average Bonchev–Trinajstić information content (AvgIpc) is 2.55. The number of pyridine rings is 1. The first kappa shape index (κ1) is 14.7. The van der Waals surface area contributed by atoms with Crippen molar-refractivity contribution in [2.24, 2.45) is 0 Å². The van der Waals surface area contributed by atoms with E-state index in [0.717, 1.165) is 17.1 Å². The number of rotatable bonds is 4. The second kappa shape index (κ2) is 6.66. The van der Waals surface area contributed by atoms with Crippen molar-refractivity contribution < 1.29 is 14.3 Å². The Morgan fingerprint density at radius 1 is 1.23 bits per heavy atom. The molecule has 2 aromatic rings. The minimum atomic E-state index is -0.204. The number of fused-ring (bicyclic) bond motifs is 1. The quantitative estimate of drug-likeness (QED) is 0.941. The first-order valence-electron chi connectivity index (χ1n) is 7.00. The Morgan fingerprint density at radius 2 is 2.05 bits per heavy atom. The van der Waals surface area contributed by atoms with Crippen molar-refractivity contribution in [1.82, 2.24) is 10.3 Å². The maximum atomic E-state index is 12.0. The lowest BCUT2D eigenvalue weighted by Gasteiger charge is -2.18. The van der Waals surface area contributed by atoms with Gasteiger partial charge in [-0.05, 0) is 30.2 Å². The van der Waals surface area contributed by atoms with Crippen LogP contribution in [0.25, 0.3) is 0 Å². The second-order valence-corrected chi connectivity index (χ2v) is 5.25. The molecule has 0 atom stereocenters. The van der Waals surface area contributed by atoms with Gasteiger partial charge in [0.05, 0.1) is 10.6 Å². The molecule has 0 saturated carbocycles. The van der Waals surface area contributed by atoms with Crippen molar-refractivity contribution in [2.75, 3.05) is 19.8 Å². The zero-order valence-electron chi connectivity index (χ0n) is 11.8. The van der Waals surface area contributed by atoms with E-state index in [0.29, 0.717) is 36.8 Å². The van der Waals surface area contributed by atoms with Crippen LogP contribution in [-0.4, -0.2) is 30.6 Å². The highest BCUT2D eigenvalue weighted by Gasteiger charge is 2.12. The molecular formula is C16H15ClN2O3. The number of aromatic nitrogens is 1. The topological polar surface area (TPSA) is 60.5 Å². The molecule has 114 valence electrons. The van der Waals surface area contributed by atoms with Crippen LogP contribution in [0.5, 0.6) is 11.5 Å². The number of nitrogens with zero attached hydrogens (tertiary/aromatic N) is 1. The molecule has 0 aliphatic carbocycles. The molecule has 1 N–H and O–H groups in total. The number of benzene rings is 1. The Labute approximate surface area is 133 Å². The summed E-state index contributed by atoms with van der Waals surface area (Å²) in [6.45, 7) is 1.65. The standard InChI is InChI=1S/C16H15ClN2O3/c17-13-10-18-5-4-12(13)16(20)19-6-3-11-1-2-14-15(9-11)22-8-7-21-14/h1-2,4-5,9-10H,3,6-8H2,(H,19,20). The van der Waals surface area contributed by atoms with Crippen molar-refractivity contribution in [3.8, 4) is 11.5 Å². The van der Waals surface area contributed by atoms with Crippen molar-refractivity contribution in [1.29, 1.82) is 0 Å². The molecule has 3 rings (SSSR count). The minimum Gasteiger partial charge on any atom is -0.486 e. The predicted molar refractivity (Wildman–Crippen MR) is 82.7 cm³/mol. The molecule has 0 fully saturated rings. The highest BCUT2D eigenvalue weighted by Crippen LogP contribution is 2.30. The van der Waals surface area contributed by atoms with Crippen LogP contribution in [0.2, 0.25) is 5.02 Å². The van der Waals surface area contributed by atoms with E-state index in [2.05, 4.69) is 10.3 Å². The van der Waals surface area contributed by atoms with Gasteiger partial charge in [-0.25, -0.2) is 0 Å². The van der Waals surface area contributed by atoms with Crippen LogP contribution in [0.1, 0.15) is 15.9 Å². The van der Waals surface area contributed by atoms with Gasteiger partial charge in [0.1, 0.15) is 13.2 Å². The summed E-state index contributed by atoms with van der Waals surface area (Å²) < 4.78 is 11.0. The van der Waals surface area contributed by atoms with Gasteiger partial charge in [0.2, 0.25) is 0 Å². The highest BCUT2D eigenvalue weighted by molar-refractivity contribution is 6.33. The number of halogens is 1. The third kappa shape index (κ3) is 3.31. The van der Waals surface area contributed by atoms with Crippen LogP contribution in [0, 0.1) is 0 Å². The number of carbonyl (C=O) groups is 1. The van der Waals surface area contributed by atoms with Gasteiger partial charge in [0.25, 0.3) is 5.91 Å². The lowest BCUT2D eigenvalue weighted by Crippen LogP contribution is -2.26. The maximum absolute atomic E-state index is 12.0. The molecule has 22 heavy (non-hydrogen) atoms. The molecule has 5 nitrogen and oxygen atoms in total. The lowest BCUT2D eigenvalue weighted by molar-refractivity contribution is 0.0954. The van der Waals surface area contributed by atoms with Gasteiger partial charge in [-0.2, -0.15) is 0 Å². The van der Waals surface area contributed by atoms with Gasteiger partial charge < -0.3 is 14.8 Å². The van der Waals surface area contributed by atoms with E-state index < -0.39 is 0 Å². The summed E-state index contributed by atoms with van der Waals surface area (Å²) >= 11 is 5.94. The number of amides is 1.